The summed E-state index contributed by atoms with van der Waals surface area (Å²) in [6.45, 7) is 2.77. The van der Waals surface area contributed by atoms with Crippen molar-refractivity contribution in [1.82, 2.24) is 5.32 Å². The van der Waals surface area contributed by atoms with E-state index in [9.17, 15) is 9.36 Å². The molecule has 7 heteroatoms. The minimum Gasteiger partial charge on any atom is -0.329 e. The number of carbonyl (C=O) groups excluding carboxylic acids is 1. The summed E-state index contributed by atoms with van der Waals surface area (Å²) >= 11 is 0. The van der Waals surface area contributed by atoms with Crippen molar-refractivity contribution in [2.45, 2.75) is 0 Å². The molecule has 0 saturated carbocycles. The Bertz CT molecular complexity index is 216. The Labute approximate surface area is 69.8 Å². The van der Waals surface area contributed by atoms with E-state index in [-0.39, 0.29) is 0 Å². The number of carbonyl (C=O) groups is 1. The first kappa shape index (κ1) is 11.3. The second kappa shape index (κ2) is 5.05. The quantitative estimate of drug-likeness (QED) is 0.366. The number of rotatable bonds is 5. The fourth-order valence-electron chi connectivity index (χ4n) is 0.310. The van der Waals surface area contributed by atoms with Crippen LogP contribution >= 0.6 is 7.82 Å². The molecule has 2 N–H and O–H groups in total. The van der Waals surface area contributed by atoms with Gasteiger partial charge in [0.2, 0.25) is 5.91 Å². The SMILES string of the molecule is C=CC(=O)NCOP(=O)(O)OC. The Kier molecular flexibility index (Phi) is 4.77. The summed E-state index contributed by atoms with van der Waals surface area (Å²) in [7, 11) is -2.97. The van der Waals surface area contributed by atoms with Gasteiger partial charge in [-0.15, -0.1) is 0 Å². The third kappa shape index (κ3) is 5.03. The normalized spacial score (nSPS) is 14.8. The topological polar surface area (TPSA) is 84.9 Å². The van der Waals surface area contributed by atoms with Gasteiger partial charge in [-0.1, -0.05) is 6.58 Å². The summed E-state index contributed by atoms with van der Waals surface area (Å²) in [6.07, 6.45) is 1.01. The van der Waals surface area contributed by atoms with Crippen LogP contribution in [0.4, 0.5) is 0 Å². The molecule has 0 aliphatic rings. The maximum absolute atomic E-state index is 10.6. The molecule has 0 spiro atoms. The molecule has 1 atom stereocenters. The molecule has 0 bridgehead atoms. The molecule has 0 aromatic heterocycles. The average molecular weight is 195 g/mol. The van der Waals surface area contributed by atoms with Crippen molar-refractivity contribution < 1.29 is 23.3 Å². The van der Waals surface area contributed by atoms with Crippen LogP contribution in [0.1, 0.15) is 0 Å². The van der Waals surface area contributed by atoms with Gasteiger partial charge in [0.1, 0.15) is 6.73 Å². The highest BCUT2D eigenvalue weighted by atomic mass is 31.2. The van der Waals surface area contributed by atoms with E-state index in [1.807, 2.05) is 0 Å². The lowest BCUT2D eigenvalue weighted by atomic mass is 10.6. The van der Waals surface area contributed by atoms with Crippen molar-refractivity contribution in [2.75, 3.05) is 13.8 Å². The third-order valence-corrected chi connectivity index (χ3v) is 1.81. The molecule has 0 aliphatic heterocycles. The van der Waals surface area contributed by atoms with Gasteiger partial charge in [-0.2, -0.15) is 0 Å². The van der Waals surface area contributed by atoms with Crippen LogP contribution in [0.3, 0.4) is 0 Å². The van der Waals surface area contributed by atoms with Crippen LogP contribution in [-0.4, -0.2) is 24.6 Å². The Morgan fingerprint density at radius 2 is 2.42 bits per heavy atom. The number of phosphoric ester groups is 1. The van der Waals surface area contributed by atoms with Crippen molar-refractivity contribution in [3.63, 3.8) is 0 Å². The molecule has 0 aliphatic carbocycles. The van der Waals surface area contributed by atoms with E-state index in [0.29, 0.717) is 0 Å². The zero-order valence-corrected chi connectivity index (χ0v) is 7.41. The van der Waals surface area contributed by atoms with E-state index in [2.05, 4.69) is 20.9 Å². The van der Waals surface area contributed by atoms with Crippen LogP contribution in [0.2, 0.25) is 0 Å². The first-order chi connectivity index (χ1) is 5.52. The van der Waals surface area contributed by atoms with Gasteiger partial charge < -0.3 is 10.2 Å². The minimum atomic E-state index is -3.99. The largest absolute Gasteiger partial charge is 0.473 e. The molecule has 0 aromatic carbocycles. The second-order valence-electron chi connectivity index (χ2n) is 1.67. The Morgan fingerprint density at radius 3 is 2.83 bits per heavy atom. The van der Waals surface area contributed by atoms with E-state index in [1.165, 1.54) is 0 Å². The second-order valence-corrected chi connectivity index (χ2v) is 3.23. The zero-order valence-electron chi connectivity index (χ0n) is 6.52. The van der Waals surface area contributed by atoms with Crippen molar-refractivity contribution in [3.8, 4) is 0 Å². The monoisotopic (exact) mass is 195 g/mol. The van der Waals surface area contributed by atoms with E-state index in [4.69, 9.17) is 4.89 Å². The minimum absolute atomic E-state index is 0.396. The predicted octanol–water partition coefficient (Wildman–Crippen LogP) is 0.00950. The van der Waals surface area contributed by atoms with Gasteiger partial charge in [0.05, 0.1) is 0 Å². The molecular weight excluding hydrogens is 185 g/mol. The maximum Gasteiger partial charge on any atom is 0.473 e. The third-order valence-electron chi connectivity index (χ3n) is 0.890. The molecule has 6 nitrogen and oxygen atoms in total. The summed E-state index contributed by atoms with van der Waals surface area (Å²) in [6, 6.07) is 0. The maximum atomic E-state index is 10.6. The van der Waals surface area contributed by atoms with Crippen LogP contribution < -0.4 is 5.32 Å². The van der Waals surface area contributed by atoms with Gasteiger partial charge in [-0.3, -0.25) is 13.8 Å². The van der Waals surface area contributed by atoms with Gasteiger partial charge in [-0.25, -0.2) is 4.57 Å². The highest BCUT2D eigenvalue weighted by Gasteiger charge is 2.17. The van der Waals surface area contributed by atoms with Gasteiger partial charge >= 0.3 is 7.82 Å². The average Bonchev–Trinajstić information content (AvgIpc) is 2.04. The predicted molar refractivity (Wildman–Crippen MR) is 41.1 cm³/mol. The van der Waals surface area contributed by atoms with Gasteiger partial charge in [0, 0.05) is 7.11 Å². The molecule has 0 saturated heterocycles. The highest BCUT2D eigenvalue weighted by Crippen LogP contribution is 2.41. The summed E-state index contributed by atoms with van der Waals surface area (Å²) in [5, 5.41) is 2.13. The Balaban J connectivity index is 3.63. The first-order valence-electron chi connectivity index (χ1n) is 2.95. The van der Waals surface area contributed by atoms with E-state index in [0.717, 1.165) is 13.2 Å². The number of amides is 1. The number of phosphoric acid groups is 1. The van der Waals surface area contributed by atoms with E-state index in [1.54, 1.807) is 0 Å². The lowest BCUT2D eigenvalue weighted by Crippen LogP contribution is -2.23. The summed E-state index contributed by atoms with van der Waals surface area (Å²) in [4.78, 5) is 19.1. The Hall–Kier alpha value is -0.680. The molecule has 70 valence electrons. The lowest BCUT2D eigenvalue weighted by molar-refractivity contribution is -0.117. The highest BCUT2D eigenvalue weighted by molar-refractivity contribution is 7.47. The fourth-order valence-corrected chi connectivity index (χ4v) is 0.643. The lowest BCUT2D eigenvalue weighted by Gasteiger charge is -2.08. The summed E-state index contributed by atoms with van der Waals surface area (Å²) in [5.41, 5.74) is 0. The van der Waals surface area contributed by atoms with Crippen molar-refractivity contribution >= 4 is 13.7 Å². The van der Waals surface area contributed by atoms with Crippen LogP contribution in [0, 0.1) is 0 Å². The van der Waals surface area contributed by atoms with E-state index >= 15 is 0 Å². The number of nitrogens with one attached hydrogen (secondary N) is 1. The van der Waals surface area contributed by atoms with Crippen molar-refractivity contribution in [1.29, 1.82) is 0 Å². The molecule has 1 unspecified atom stereocenters. The molecule has 0 fully saturated rings. The smallest absolute Gasteiger partial charge is 0.329 e. The summed E-state index contributed by atoms with van der Waals surface area (Å²) < 4.78 is 18.9. The number of hydrogen-bond donors (Lipinski definition) is 2. The van der Waals surface area contributed by atoms with Gasteiger partial charge in [-0.05, 0) is 6.08 Å². The van der Waals surface area contributed by atoms with Gasteiger partial charge in [0.25, 0.3) is 0 Å². The van der Waals surface area contributed by atoms with Crippen LogP contribution in [0.15, 0.2) is 12.7 Å². The molecule has 0 rings (SSSR count). The molecule has 12 heavy (non-hydrogen) atoms. The first-order valence-corrected chi connectivity index (χ1v) is 4.44. The van der Waals surface area contributed by atoms with E-state index < -0.39 is 20.5 Å². The molecule has 0 heterocycles. The van der Waals surface area contributed by atoms with Crippen LogP contribution in [-0.2, 0) is 18.4 Å². The standard InChI is InChI=1S/C5H10NO5P/c1-3-5(7)6-4-11-12(8,9)10-2/h3H,1,4H2,2H3,(H,6,7)(H,8,9). The van der Waals surface area contributed by atoms with Crippen molar-refractivity contribution in [2.24, 2.45) is 0 Å². The van der Waals surface area contributed by atoms with Crippen LogP contribution in [0.5, 0.6) is 0 Å². The van der Waals surface area contributed by atoms with Crippen LogP contribution in [0.25, 0.3) is 0 Å². The molecule has 0 radical (unpaired) electrons. The number of hydrogen-bond acceptors (Lipinski definition) is 4. The summed E-state index contributed by atoms with van der Waals surface area (Å²) in [5.74, 6) is -0.494. The van der Waals surface area contributed by atoms with Gasteiger partial charge in [0.15, 0.2) is 0 Å². The fraction of sp³-hybridized carbons (Fsp3) is 0.400. The zero-order chi connectivity index (χ0) is 9.61. The molecule has 0 aromatic rings. The molecule has 1 amide bonds. The Morgan fingerprint density at radius 1 is 1.83 bits per heavy atom. The van der Waals surface area contributed by atoms with Crippen molar-refractivity contribution in [3.05, 3.63) is 12.7 Å². The molecular formula is C5H10NO5P.